The molecule has 2 aromatic carbocycles. The van der Waals surface area contributed by atoms with Gasteiger partial charge in [-0.25, -0.2) is 13.2 Å². The molecular weight excluding hydrogens is 428 g/mol. The van der Waals surface area contributed by atoms with Crippen LogP contribution in [0.5, 0.6) is 0 Å². The first kappa shape index (κ1) is 22.5. The second-order valence-electron chi connectivity index (χ2n) is 5.87. The molecule has 12 heteroatoms. The summed E-state index contributed by atoms with van der Waals surface area (Å²) in [5.41, 5.74) is -4.19. The number of sulfonamides is 1. The molecule has 0 aliphatic heterocycles. The highest BCUT2D eigenvalue weighted by molar-refractivity contribution is 7.92. The Kier molecular flexibility index (Phi) is 5.89. The number of rotatable bonds is 4. The largest absolute Gasteiger partial charge is 0.465 e. The third-order valence-corrected chi connectivity index (χ3v) is 5.27. The molecule has 0 aliphatic carbocycles. The molecule has 5 nitrogen and oxygen atoms in total. The standard InChI is InChI=1S/C17H13F6NO4S/c1-9-5-10(15(25)28-2)3-4-14(9)29(26,27)24-13-7-11(16(18,19)20)6-12(8-13)17(21,22)23/h3-8,24H,1-2H3. The van der Waals surface area contributed by atoms with Gasteiger partial charge in [0.15, 0.2) is 0 Å². The van der Waals surface area contributed by atoms with Gasteiger partial charge in [-0.15, -0.1) is 0 Å². The summed E-state index contributed by atoms with van der Waals surface area (Å²) in [7, 11) is -3.45. The molecule has 0 heterocycles. The molecule has 0 saturated heterocycles. The molecule has 158 valence electrons. The van der Waals surface area contributed by atoms with Crippen molar-refractivity contribution in [2.45, 2.75) is 24.2 Å². The third kappa shape index (κ3) is 5.19. The van der Waals surface area contributed by atoms with Crippen LogP contribution in [0, 0.1) is 6.92 Å². The average molecular weight is 441 g/mol. The highest BCUT2D eigenvalue weighted by Gasteiger charge is 2.37. The lowest BCUT2D eigenvalue weighted by molar-refractivity contribution is -0.143. The Labute approximate surface area is 161 Å². The first-order valence-corrected chi connectivity index (χ1v) is 9.15. The van der Waals surface area contributed by atoms with E-state index >= 15 is 0 Å². The summed E-state index contributed by atoms with van der Waals surface area (Å²) in [6, 6.07) is 3.64. The van der Waals surface area contributed by atoms with Crippen molar-refractivity contribution in [2.24, 2.45) is 0 Å². The van der Waals surface area contributed by atoms with Gasteiger partial charge in [0.1, 0.15) is 0 Å². The van der Waals surface area contributed by atoms with E-state index in [-0.39, 0.29) is 29.3 Å². The van der Waals surface area contributed by atoms with Crippen LogP contribution in [0.15, 0.2) is 41.3 Å². The van der Waals surface area contributed by atoms with Crippen molar-refractivity contribution < 1.29 is 44.3 Å². The summed E-state index contributed by atoms with van der Waals surface area (Å²) in [5.74, 6) is -0.752. The van der Waals surface area contributed by atoms with E-state index < -0.39 is 50.1 Å². The van der Waals surface area contributed by atoms with Crippen molar-refractivity contribution >= 4 is 21.7 Å². The van der Waals surface area contributed by atoms with Gasteiger partial charge in [0.25, 0.3) is 10.0 Å². The molecule has 2 aromatic rings. The number of methoxy groups -OCH3 is 1. The molecule has 0 fully saturated rings. The molecule has 2 rings (SSSR count). The van der Waals surface area contributed by atoms with Crippen LogP contribution in [-0.4, -0.2) is 21.5 Å². The number of hydrogen-bond donors (Lipinski definition) is 1. The van der Waals surface area contributed by atoms with Gasteiger partial charge in [0, 0.05) is 0 Å². The molecule has 0 bridgehead atoms. The Morgan fingerprint density at radius 1 is 0.931 bits per heavy atom. The highest BCUT2D eigenvalue weighted by Crippen LogP contribution is 2.38. The van der Waals surface area contributed by atoms with Crippen molar-refractivity contribution in [3.8, 4) is 0 Å². The van der Waals surface area contributed by atoms with Crippen LogP contribution in [0.25, 0.3) is 0 Å². The van der Waals surface area contributed by atoms with Crippen LogP contribution in [-0.2, 0) is 27.1 Å². The number of hydrogen-bond acceptors (Lipinski definition) is 4. The van der Waals surface area contributed by atoms with E-state index in [1.807, 2.05) is 0 Å². The summed E-state index contributed by atoms with van der Waals surface area (Å²) >= 11 is 0. The smallest absolute Gasteiger partial charge is 0.416 e. The Hall–Kier alpha value is -2.76. The van der Waals surface area contributed by atoms with Crippen LogP contribution in [0.2, 0.25) is 0 Å². The molecular formula is C17H13F6NO4S. The zero-order chi connectivity index (χ0) is 22.2. The summed E-state index contributed by atoms with van der Waals surface area (Å²) in [4.78, 5) is 11.0. The van der Waals surface area contributed by atoms with E-state index in [4.69, 9.17) is 0 Å². The number of carbonyl (C=O) groups is 1. The van der Waals surface area contributed by atoms with E-state index in [1.54, 1.807) is 4.72 Å². The number of esters is 1. The van der Waals surface area contributed by atoms with E-state index in [9.17, 15) is 39.6 Å². The lowest BCUT2D eigenvalue weighted by Gasteiger charge is -2.16. The quantitative estimate of drug-likeness (QED) is 0.555. The van der Waals surface area contributed by atoms with E-state index in [1.165, 1.54) is 6.92 Å². The van der Waals surface area contributed by atoms with E-state index in [2.05, 4.69) is 4.74 Å². The number of halogens is 6. The third-order valence-electron chi connectivity index (χ3n) is 3.73. The molecule has 0 atom stereocenters. The second kappa shape index (κ2) is 7.58. The summed E-state index contributed by atoms with van der Waals surface area (Å²) in [5, 5.41) is 0. The Bertz CT molecular complexity index is 1010. The highest BCUT2D eigenvalue weighted by atomic mass is 32.2. The van der Waals surface area contributed by atoms with E-state index in [0.717, 1.165) is 25.3 Å². The monoisotopic (exact) mass is 441 g/mol. The molecule has 0 radical (unpaired) electrons. The number of aryl methyl sites for hydroxylation is 1. The number of alkyl halides is 6. The van der Waals surface area contributed by atoms with Crippen LogP contribution in [0.3, 0.4) is 0 Å². The SMILES string of the molecule is COC(=O)c1ccc(S(=O)(=O)Nc2cc(C(F)(F)F)cc(C(F)(F)F)c2)c(C)c1. The van der Waals surface area contributed by atoms with Gasteiger partial charge in [-0.1, -0.05) is 0 Å². The Balaban J connectivity index is 2.51. The predicted octanol–water partition coefficient (Wildman–Crippen LogP) is 4.62. The fourth-order valence-electron chi connectivity index (χ4n) is 2.42. The summed E-state index contributed by atoms with van der Waals surface area (Å²) < 4.78 is 109. The average Bonchev–Trinajstić information content (AvgIpc) is 2.58. The lowest BCUT2D eigenvalue weighted by Crippen LogP contribution is -2.17. The van der Waals surface area contributed by atoms with Crippen LogP contribution >= 0.6 is 0 Å². The lowest BCUT2D eigenvalue weighted by atomic mass is 10.1. The molecule has 0 aromatic heterocycles. The number of ether oxygens (including phenoxy) is 1. The van der Waals surface area contributed by atoms with Crippen LogP contribution in [0.1, 0.15) is 27.0 Å². The van der Waals surface area contributed by atoms with Crippen molar-refractivity contribution in [2.75, 3.05) is 11.8 Å². The van der Waals surface area contributed by atoms with E-state index in [0.29, 0.717) is 0 Å². The first-order chi connectivity index (χ1) is 13.1. The minimum Gasteiger partial charge on any atom is -0.465 e. The van der Waals surface area contributed by atoms with Gasteiger partial charge in [0.2, 0.25) is 0 Å². The fourth-order valence-corrected chi connectivity index (χ4v) is 3.69. The van der Waals surface area contributed by atoms with Crippen molar-refractivity contribution in [3.63, 3.8) is 0 Å². The van der Waals surface area contributed by atoms with Crippen LogP contribution in [0.4, 0.5) is 32.0 Å². The number of carbonyl (C=O) groups excluding carboxylic acids is 1. The summed E-state index contributed by atoms with van der Waals surface area (Å²) in [6.45, 7) is 1.30. The summed E-state index contributed by atoms with van der Waals surface area (Å²) in [6.07, 6.45) is -10.3. The molecule has 29 heavy (non-hydrogen) atoms. The van der Waals surface area contributed by atoms with Gasteiger partial charge in [-0.05, 0) is 48.9 Å². The number of nitrogens with one attached hydrogen (secondary N) is 1. The molecule has 0 unspecified atom stereocenters. The maximum atomic E-state index is 12.9. The Morgan fingerprint density at radius 2 is 1.45 bits per heavy atom. The van der Waals surface area contributed by atoms with Gasteiger partial charge < -0.3 is 4.74 Å². The molecule has 0 amide bonds. The molecule has 0 saturated carbocycles. The minimum absolute atomic E-state index is 0.0161. The first-order valence-electron chi connectivity index (χ1n) is 7.66. The van der Waals surface area contributed by atoms with Gasteiger partial charge in [-0.2, -0.15) is 26.3 Å². The molecule has 0 spiro atoms. The topological polar surface area (TPSA) is 72.5 Å². The predicted molar refractivity (Wildman–Crippen MR) is 89.8 cm³/mol. The van der Waals surface area contributed by atoms with Crippen molar-refractivity contribution in [3.05, 3.63) is 58.7 Å². The maximum absolute atomic E-state index is 12.9. The van der Waals surface area contributed by atoms with Crippen LogP contribution < -0.4 is 4.72 Å². The Morgan fingerprint density at radius 3 is 1.86 bits per heavy atom. The normalized spacial score (nSPS) is 12.6. The minimum atomic E-state index is -5.13. The fraction of sp³-hybridized carbons (Fsp3) is 0.235. The number of benzene rings is 2. The van der Waals surface area contributed by atoms with Gasteiger partial charge in [0.05, 0.1) is 34.4 Å². The van der Waals surface area contributed by atoms with Gasteiger partial charge in [-0.3, -0.25) is 4.72 Å². The van der Waals surface area contributed by atoms with Crippen molar-refractivity contribution in [1.29, 1.82) is 0 Å². The zero-order valence-corrected chi connectivity index (χ0v) is 15.6. The number of anilines is 1. The molecule has 0 aliphatic rings. The van der Waals surface area contributed by atoms with Gasteiger partial charge >= 0.3 is 18.3 Å². The zero-order valence-electron chi connectivity index (χ0n) is 14.8. The molecule has 1 N–H and O–H groups in total. The van der Waals surface area contributed by atoms with Crippen molar-refractivity contribution in [1.82, 2.24) is 0 Å². The maximum Gasteiger partial charge on any atom is 0.416 e. The second-order valence-corrected chi connectivity index (χ2v) is 7.52.